The molecule has 1 aliphatic rings. The number of carbonyl (C=O) groups is 2. The molecule has 4 heteroatoms. The van der Waals surface area contributed by atoms with E-state index in [0.29, 0.717) is 18.8 Å². The van der Waals surface area contributed by atoms with Crippen molar-refractivity contribution in [2.45, 2.75) is 58.8 Å². The summed E-state index contributed by atoms with van der Waals surface area (Å²) in [7, 11) is 0. The molecule has 0 saturated heterocycles. The van der Waals surface area contributed by atoms with Crippen LogP contribution >= 0.6 is 0 Å². The van der Waals surface area contributed by atoms with E-state index in [2.05, 4.69) is 13.8 Å². The van der Waals surface area contributed by atoms with Crippen molar-refractivity contribution in [3.63, 3.8) is 0 Å². The molecule has 3 atom stereocenters. The molecule has 1 saturated carbocycles. The average molecular weight is 256 g/mol. The van der Waals surface area contributed by atoms with E-state index >= 15 is 0 Å². The first-order valence-electron chi connectivity index (χ1n) is 6.82. The molecule has 0 heterocycles. The van der Waals surface area contributed by atoms with Crippen LogP contribution in [0.25, 0.3) is 0 Å². The summed E-state index contributed by atoms with van der Waals surface area (Å²) in [5.74, 6) is -1.62. The Morgan fingerprint density at radius 2 is 2.00 bits per heavy atom. The van der Waals surface area contributed by atoms with Crippen molar-refractivity contribution >= 4 is 11.9 Å². The maximum atomic E-state index is 11.5. The lowest BCUT2D eigenvalue weighted by Crippen LogP contribution is -2.40. The van der Waals surface area contributed by atoms with Gasteiger partial charge in [0.2, 0.25) is 0 Å². The van der Waals surface area contributed by atoms with Crippen LogP contribution in [0.15, 0.2) is 0 Å². The van der Waals surface area contributed by atoms with Crippen molar-refractivity contribution in [3.8, 4) is 0 Å². The maximum absolute atomic E-state index is 11.5. The highest BCUT2D eigenvalue weighted by Crippen LogP contribution is 2.48. The zero-order valence-electron chi connectivity index (χ0n) is 11.3. The van der Waals surface area contributed by atoms with Gasteiger partial charge in [0, 0.05) is 6.42 Å². The molecular weight excluding hydrogens is 232 g/mol. The molecule has 1 fully saturated rings. The highest BCUT2D eigenvalue weighted by molar-refractivity contribution is 5.71. The molecule has 0 bridgehead atoms. The zero-order chi connectivity index (χ0) is 13.8. The quantitative estimate of drug-likeness (QED) is 0.765. The predicted molar refractivity (Wildman–Crippen MR) is 68.4 cm³/mol. The van der Waals surface area contributed by atoms with Gasteiger partial charge in [0.1, 0.15) is 0 Å². The van der Waals surface area contributed by atoms with Crippen LogP contribution in [-0.4, -0.2) is 22.2 Å². The number of aliphatic carboxylic acids is 2. The van der Waals surface area contributed by atoms with Crippen LogP contribution in [0.1, 0.15) is 58.8 Å². The topological polar surface area (TPSA) is 74.6 Å². The lowest BCUT2D eigenvalue weighted by molar-refractivity contribution is -0.150. The second kappa shape index (κ2) is 6.21. The molecule has 18 heavy (non-hydrogen) atoms. The van der Waals surface area contributed by atoms with Crippen LogP contribution in [0.4, 0.5) is 0 Å². The Morgan fingerprint density at radius 1 is 1.33 bits per heavy atom. The largest absolute Gasteiger partial charge is 0.481 e. The second-order valence-electron chi connectivity index (χ2n) is 5.83. The molecule has 0 spiro atoms. The first-order valence-corrected chi connectivity index (χ1v) is 6.82. The van der Waals surface area contributed by atoms with Crippen molar-refractivity contribution in [2.75, 3.05) is 0 Å². The number of carboxylic acids is 2. The second-order valence-corrected chi connectivity index (χ2v) is 5.83. The molecule has 0 aromatic carbocycles. The standard InChI is InChI=1S/C14H24O4/c1-10-6-3-4-9-14(10,2)11(13(17)18)7-5-8-12(15)16/h10-11H,3-9H2,1-2H3,(H,15,16)(H,17,18). The summed E-state index contributed by atoms with van der Waals surface area (Å²) in [5, 5.41) is 18.1. The summed E-state index contributed by atoms with van der Waals surface area (Å²) < 4.78 is 0. The van der Waals surface area contributed by atoms with Gasteiger partial charge in [-0.15, -0.1) is 0 Å². The Kier molecular flexibility index (Phi) is 5.17. The van der Waals surface area contributed by atoms with E-state index in [1.807, 2.05) is 0 Å². The molecule has 0 aromatic rings. The summed E-state index contributed by atoms with van der Waals surface area (Å²) in [6.07, 6.45) is 5.28. The monoisotopic (exact) mass is 256 g/mol. The molecule has 3 unspecified atom stereocenters. The van der Waals surface area contributed by atoms with Crippen molar-refractivity contribution < 1.29 is 19.8 Å². The normalized spacial score (nSPS) is 29.8. The van der Waals surface area contributed by atoms with Crippen LogP contribution in [-0.2, 0) is 9.59 Å². The van der Waals surface area contributed by atoms with Crippen LogP contribution in [0, 0.1) is 17.3 Å². The molecule has 0 amide bonds. The molecule has 2 N–H and O–H groups in total. The molecule has 1 rings (SSSR count). The molecule has 104 valence electrons. The van der Waals surface area contributed by atoms with Gasteiger partial charge in [0.15, 0.2) is 0 Å². The Bertz CT molecular complexity index is 313. The van der Waals surface area contributed by atoms with E-state index < -0.39 is 17.9 Å². The first kappa shape index (κ1) is 15.0. The number of carboxylic acid groups (broad SMARTS) is 2. The molecule has 0 aliphatic heterocycles. The molecule has 0 radical (unpaired) electrons. The van der Waals surface area contributed by atoms with Crippen molar-refractivity contribution in [1.29, 1.82) is 0 Å². The Morgan fingerprint density at radius 3 is 2.50 bits per heavy atom. The van der Waals surface area contributed by atoms with Gasteiger partial charge in [0.05, 0.1) is 5.92 Å². The van der Waals surface area contributed by atoms with Gasteiger partial charge < -0.3 is 10.2 Å². The third kappa shape index (κ3) is 3.47. The predicted octanol–water partition coefficient (Wildman–Crippen LogP) is 3.16. The lowest BCUT2D eigenvalue weighted by Gasteiger charge is -2.44. The number of hydrogen-bond acceptors (Lipinski definition) is 2. The molecule has 0 aromatic heterocycles. The van der Waals surface area contributed by atoms with E-state index in [1.165, 1.54) is 6.42 Å². The minimum atomic E-state index is -0.846. The fourth-order valence-electron chi connectivity index (χ4n) is 3.24. The van der Waals surface area contributed by atoms with Crippen LogP contribution in [0.5, 0.6) is 0 Å². The van der Waals surface area contributed by atoms with Gasteiger partial charge in [-0.05, 0) is 30.6 Å². The number of rotatable bonds is 6. The third-order valence-electron chi connectivity index (χ3n) is 4.71. The van der Waals surface area contributed by atoms with E-state index in [1.54, 1.807) is 0 Å². The summed E-state index contributed by atoms with van der Waals surface area (Å²) in [6.45, 7) is 4.20. The average Bonchev–Trinajstić information content (AvgIpc) is 2.27. The molecule has 4 nitrogen and oxygen atoms in total. The fraction of sp³-hybridized carbons (Fsp3) is 0.857. The lowest BCUT2D eigenvalue weighted by atomic mass is 9.60. The van der Waals surface area contributed by atoms with E-state index in [-0.39, 0.29) is 11.8 Å². The van der Waals surface area contributed by atoms with Gasteiger partial charge in [-0.25, -0.2) is 0 Å². The smallest absolute Gasteiger partial charge is 0.307 e. The number of hydrogen-bond donors (Lipinski definition) is 2. The molecular formula is C14H24O4. The van der Waals surface area contributed by atoms with Crippen LogP contribution in [0.3, 0.4) is 0 Å². The van der Waals surface area contributed by atoms with Crippen molar-refractivity contribution in [1.82, 2.24) is 0 Å². The van der Waals surface area contributed by atoms with Gasteiger partial charge in [0.25, 0.3) is 0 Å². The summed E-state index contributed by atoms with van der Waals surface area (Å²) >= 11 is 0. The minimum absolute atomic E-state index is 0.0637. The van der Waals surface area contributed by atoms with E-state index in [4.69, 9.17) is 5.11 Å². The van der Waals surface area contributed by atoms with Crippen molar-refractivity contribution in [3.05, 3.63) is 0 Å². The SMILES string of the molecule is CC1CCCCC1(C)C(CCCC(=O)O)C(=O)O. The first-order chi connectivity index (χ1) is 8.38. The van der Waals surface area contributed by atoms with Gasteiger partial charge in [-0.3, -0.25) is 9.59 Å². The maximum Gasteiger partial charge on any atom is 0.307 e. The Labute approximate surface area is 108 Å². The third-order valence-corrected chi connectivity index (χ3v) is 4.71. The van der Waals surface area contributed by atoms with Gasteiger partial charge in [-0.1, -0.05) is 33.1 Å². The van der Waals surface area contributed by atoms with Crippen LogP contribution < -0.4 is 0 Å². The summed E-state index contributed by atoms with van der Waals surface area (Å²) in [6, 6.07) is 0. The van der Waals surface area contributed by atoms with Crippen LogP contribution in [0.2, 0.25) is 0 Å². The molecule has 1 aliphatic carbocycles. The highest BCUT2D eigenvalue weighted by atomic mass is 16.4. The summed E-state index contributed by atoms with van der Waals surface area (Å²) in [5.41, 5.74) is -0.178. The van der Waals surface area contributed by atoms with E-state index in [9.17, 15) is 14.7 Å². The Hall–Kier alpha value is -1.06. The van der Waals surface area contributed by atoms with Gasteiger partial charge >= 0.3 is 11.9 Å². The minimum Gasteiger partial charge on any atom is -0.481 e. The summed E-state index contributed by atoms with van der Waals surface area (Å²) in [4.78, 5) is 22.0. The van der Waals surface area contributed by atoms with Crippen molar-refractivity contribution in [2.24, 2.45) is 17.3 Å². The zero-order valence-corrected chi connectivity index (χ0v) is 11.3. The van der Waals surface area contributed by atoms with Gasteiger partial charge in [-0.2, -0.15) is 0 Å². The fourth-order valence-corrected chi connectivity index (χ4v) is 3.24. The van der Waals surface area contributed by atoms with E-state index in [0.717, 1.165) is 19.3 Å². The highest BCUT2D eigenvalue weighted by Gasteiger charge is 2.43. The Balaban J connectivity index is 2.70.